The van der Waals surface area contributed by atoms with Crippen molar-refractivity contribution >= 4 is 29.5 Å². The lowest BCUT2D eigenvalue weighted by Gasteiger charge is -2.34. The van der Waals surface area contributed by atoms with Gasteiger partial charge in [-0.1, -0.05) is 55.5 Å². The fourth-order valence-electron chi connectivity index (χ4n) is 4.11. The molecule has 2 unspecified atom stereocenters. The maximum atomic E-state index is 14.0. The molecular weight excluding hydrogens is 484 g/mol. The highest BCUT2D eigenvalue weighted by atomic mass is 16.6. The molecule has 2 rings (SSSR count). The van der Waals surface area contributed by atoms with Crippen molar-refractivity contribution in [2.75, 3.05) is 11.9 Å². The Labute approximate surface area is 225 Å². The van der Waals surface area contributed by atoms with Crippen LogP contribution >= 0.6 is 0 Å². The quantitative estimate of drug-likeness (QED) is 0.401. The number of carbonyl (C=O) groups is 4. The van der Waals surface area contributed by atoms with Crippen LogP contribution in [0.4, 0.5) is 10.5 Å². The number of hydrogen-bond donors (Lipinski definition) is 3. The van der Waals surface area contributed by atoms with Crippen molar-refractivity contribution in [3.05, 3.63) is 65.2 Å². The molecule has 4 N–H and O–H groups in total. The largest absolute Gasteiger partial charge is 0.444 e. The molecule has 9 nitrogen and oxygen atoms in total. The van der Waals surface area contributed by atoms with Crippen molar-refractivity contribution in [1.29, 1.82) is 0 Å². The first-order valence-corrected chi connectivity index (χ1v) is 12.8. The van der Waals surface area contributed by atoms with E-state index in [1.807, 2.05) is 45.0 Å². The molecule has 0 saturated heterocycles. The predicted octanol–water partition coefficient (Wildman–Crippen LogP) is 4.38. The van der Waals surface area contributed by atoms with Gasteiger partial charge in [-0.25, -0.2) is 4.79 Å². The van der Waals surface area contributed by atoms with Crippen LogP contribution in [0.15, 0.2) is 48.5 Å². The fraction of sp³-hybridized carbons (Fsp3) is 0.448. The van der Waals surface area contributed by atoms with Gasteiger partial charge in [0.1, 0.15) is 17.7 Å². The van der Waals surface area contributed by atoms with Gasteiger partial charge in [0.15, 0.2) is 0 Å². The van der Waals surface area contributed by atoms with E-state index in [1.165, 1.54) is 4.90 Å². The second-order valence-electron chi connectivity index (χ2n) is 10.3. The number of aryl methyl sites for hydroxylation is 2. The summed E-state index contributed by atoms with van der Waals surface area (Å²) in [5.41, 5.74) is 7.64. The summed E-state index contributed by atoms with van der Waals surface area (Å²) >= 11 is 0. The third-order valence-corrected chi connectivity index (χ3v) is 5.82. The minimum absolute atomic E-state index is 0.0341. The topological polar surface area (TPSA) is 131 Å². The van der Waals surface area contributed by atoms with E-state index >= 15 is 0 Å². The molecule has 0 spiro atoms. The molecule has 0 saturated carbocycles. The highest BCUT2D eigenvalue weighted by molar-refractivity contribution is 6.00. The average molecular weight is 525 g/mol. The first-order valence-electron chi connectivity index (χ1n) is 12.8. The summed E-state index contributed by atoms with van der Waals surface area (Å²) in [6.45, 7) is 11.1. The molecule has 2 aromatic carbocycles. The summed E-state index contributed by atoms with van der Waals surface area (Å²) in [4.78, 5) is 53.4. The Bertz CT molecular complexity index is 1110. The van der Waals surface area contributed by atoms with Gasteiger partial charge in [-0.3, -0.25) is 14.4 Å². The molecule has 0 bridgehead atoms. The van der Waals surface area contributed by atoms with Crippen LogP contribution in [0.5, 0.6) is 0 Å². The van der Waals surface area contributed by atoms with E-state index in [0.717, 1.165) is 11.1 Å². The molecule has 0 radical (unpaired) electrons. The molecule has 0 heterocycles. The van der Waals surface area contributed by atoms with Gasteiger partial charge in [-0.2, -0.15) is 0 Å². The zero-order valence-electron chi connectivity index (χ0n) is 23.2. The molecule has 2 atom stereocenters. The zero-order valence-corrected chi connectivity index (χ0v) is 23.2. The minimum atomic E-state index is -1.12. The van der Waals surface area contributed by atoms with E-state index in [0.29, 0.717) is 17.7 Å². The van der Waals surface area contributed by atoms with Gasteiger partial charge >= 0.3 is 6.09 Å². The number of rotatable bonds is 11. The molecule has 0 aliphatic carbocycles. The summed E-state index contributed by atoms with van der Waals surface area (Å²) < 4.78 is 5.35. The van der Waals surface area contributed by atoms with E-state index in [9.17, 15) is 19.2 Å². The summed E-state index contributed by atoms with van der Waals surface area (Å²) in [6.07, 6.45) is -0.404. The Kier molecular flexibility index (Phi) is 10.9. The first-order chi connectivity index (χ1) is 17.8. The van der Waals surface area contributed by atoms with Crippen molar-refractivity contribution in [2.45, 2.75) is 78.5 Å². The Morgan fingerprint density at radius 3 is 2.11 bits per heavy atom. The highest BCUT2D eigenvalue weighted by Gasteiger charge is 2.36. The van der Waals surface area contributed by atoms with Crippen molar-refractivity contribution in [2.24, 2.45) is 5.73 Å². The van der Waals surface area contributed by atoms with Crippen LogP contribution in [-0.4, -0.2) is 46.9 Å². The molecule has 9 heteroatoms. The average Bonchev–Trinajstić information content (AvgIpc) is 2.83. The number of primary amides is 1. The van der Waals surface area contributed by atoms with Crippen LogP contribution in [0.3, 0.4) is 0 Å². The number of carbonyl (C=O) groups excluding carboxylic acids is 4. The Morgan fingerprint density at radius 1 is 0.974 bits per heavy atom. The van der Waals surface area contributed by atoms with Crippen molar-refractivity contribution in [1.82, 2.24) is 10.2 Å². The Balaban J connectivity index is 2.49. The van der Waals surface area contributed by atoms with E-state index in [1.54, 1.807) is 45.0 Å². The standard InChI is InChI=1S/C29H40N4O5/c1-7-18-33(27(36)22(16-17-23(30)34)31-28(37)38-29(4,5)6)25(21-14-9-8-10-15-21)26(35)32-24-19(2)12-11-13-20(24)3/h8-15,22,25H,7,16-18H2,1-6H3,(H2,30,34)(H,31,37)(H,32,35). The molecular formula is C29H40N4O5. The zero-order chi connectivity index (χ0) is 28.5. The van der Waals surface area contributed by atoms with Gasteiger partial charge in [0.2, 0.25) is 11.8 Å². The minimum Gasteiger partial charge on any atom is -0.444 e. The highest BCUT2D eigenvalue weighted by Crippen LogP contribution is 2.27. The molecule has 206 valence electrons. The number of ether oxygens (including phenoxy) is 1. The number of hydrogen-bond acceptors (Lipinski definition) is 5. The lowest BCUT2D eigenvalue weighted by atomic mass is 10.0. The number of amides is 4. The molecule has 0 fully saturated rings. The molecule has 38 heavy (non-hydrogen) atoms. The maximum absolute atomic E-state index is 14.0. The number of para-hydroxylation sites is 1. The number of nitrogens with zero attached hydrogens (tertiary/aromatic N) is 1. The van der Waals surface area contributed by atoms with Gasteiger partial charge in [0.05, 0.1) is 0 Å². The summed E-state index contributed by atoms with van der Waals surface area (Å²) in [6, 6.07) is 12.6. The molecule has 0 aromatic heterocycles. The van der Waals surface area contributed by atoms with Gasteiger partial charge < -0.3 is 26.0 Å². The van der Waals surface area contributed by atoms with E-state index in [4.69, 9.17) is 10.5 Å². The summed E-state index contributed by atoms with van der Waals surface area (Å²) in [5.74, 6) is -1.51. The molecule has 4 amide bonds. The van der Waals surface area contributed by atoms with Gasteiger partial charge in [-0.15, -0.1) is 0 Å². The van der Waals surface area contributed by atoms with Crippen molar-refractivity contribution in [3.63, 3.8) is 0 Å². The second-order valence-corrected chi connectivity index (χ2v) is 10.3. The summed E-state index contributed by atoms with van der Waals surface area (Å²) in [5, 5.41) is 5.60. The van der Waals surface area contributed by atoms with E-state index in [2.05, 4.69) is 10.6 Å². The monoisotopic (exact) mass is 524 g/mol. The number of anilines is 1. The maximum Gasteiger partial charge on any atom is 0.408 e. The third-order valence-electron chi connectivity index (χ3n) is 5.82. The number of nitrogens with two attached hydrogens (primary N) is 1. The lowest BCUT2D eigenvalue weighted by Crippen LogP contribution is -2.52. The summed E-state index contributed by atoms with van der Waals surface area (Å²) in [7, 11) is 0. The lowest BCUT2D eigenvalue weighted by molar-refractivity contribution is -0.141. The number of alkyl carbamates (subject to hydrolysis) is 1. The van der Waals surface area contributed by atoms with Crippen LogP contribution < -0.4 is 16.4 Å². The molecule has 0 aliphatic rings. The van der Waals surface area contributed by atoms with Crippen LogP contribution in [0.2, 0.25) is 0 Å². The SMILES string of the molecule is CCCN(C(=O)C(CCC(N)=O)NC(=O)OC(C)(C)C)C(C(=O)Nc1c(C)cccc1C)c1ccccc1. The smallest absolute Gasteiger partial charge is 0.408 e. The van der Waals surface area contributed by atoms with Crippen LogP contribution in [0.1, 0.15) is 69.7 Å². The van der Waals surface area contributed by atoms with Crippen LogP contribution in [0, 0.1) is 13.8 Å². The van der Waals surface area contributed by atoms with Crippen molar-refractivity contribution in [3.8, 4) is 0 Å². The normalized spacial score (nSPS) is 12.7. The predicted molar refractivity (Wildman–Crippen MR) is 147 cm³/mol. The van der Waals surface area contributed by atoms with E-state index < -0.39 is 35.6 Å². The third kappa shape index (κ3) is 8.90. The Morgan fingerprint density at radius 2 is 1.58 bits per heavy atom. The van der Waals surface area contributed by atoms with Crippen LogP contribution in [-0.2, 0) is 19.1 Å². The number of nitrogens with one attached hydrogen (secondary N) is 2. The van der Waals surface area contributed by atoms with Crippen LogP contribution in [0.25, 0.3) is 0 Å². The number of benzene rings is 2. The molecule has 0 aliphatic heterocycles. The first kappa shape index (κ1) is 30.3. The second kappa shape index (κ2) is 13.6. The fourth-order valence-corrected chi connectivity index (χ4v) is 4.11. The van der Waals surface area contributed by atoms with Gasteiger partial charge in [0, 0.05) is 18.7 Å². The van der Waals surface area contributed by atoms with E-state index in [-0.39, 0.29) is 25.3 Å². The van der Waals surface area contributed by atoms with Gasteiger partial charge in [0.25, 0.3) is 5.91 Å². The van der Waals surface area contributed by atoms with Crippen molar-refractivity contribution < 1.29 is 23.9 Å². The Hall–Kier alpha value is -3.88. The molecule has 2 aromatic rings. The van der Waals surface area contributed by atoms with Gasteiger partial charge in [-0.05, 0) is 64.2 Å².